The number of hydrogen-bond acceptors (Lipinski definition) is 5. The van der Waals surface area contributed by atoms with E-state index in [0.29, 0.717) is 17.9 Å². The molecule has 0 spiro atoms. The lowest BCUT2D eigenvalue weighted by molar-refractivity contribution is -0.136. The van der Waals surface area contributed by atoms with Gasteiger partial charge in [-0.05, 0) is 24.1 Å². The Balaban J connectivity index is 2.04. The molecule has 6 nitrogen and oxygen atoms in total. The van der Waals surface area contributed by atoms with Crippen molar-refractivity contribution in [2.75, 3.05) is 18.6 Å². The number of carboxylic acid groups (broad SMARTS) is 1. The number of benzene rings is 1. The molecular weight excluding hydrogens is 284 g/mol. The van der Waals surface area contributed by atoms with E-state index in [2.05, 4.69) is 0 Å². The summed E-state index contributed by atoms with van der Waals surface area (Å²) >= 11 is 0. The molecule has 1 heterocycles. The number of carbonyl (C=O) groups is 1. The van der Waals surface area contributed by atoms with E-state index in [9.17, 15) is 13.2 Å². The minimum atomic E-state index is -2.93. The second-order valence-electron chi connectivity index (χ2n) is 4.70. The lowest BCUT2D eigenvalue weighted by Crippen LogP contribution is -2.45. The number of rotatable bonds is 6. The van der Waals surface area contributed by atoms with Crippen LogP contribution in [0.15, 0.2) is 18.2 Å². The molecule has 0 unspecified atom stereocenters. The molecule has 0 radical (unpaired) electrons. The molecule has 0 amide bonds. The van der Waals surface area contributed by atoms with Crippen molar-refractivity contribution in [3.05, 3.63) is 23.8 Å². The highest BCUT2D eigenvalue weighted by molar-refractivity contribution is 7.92. The third-order valence-corrected chi connectivity index (χ3v) is 4.79. The predicted octanol–water partition coefficient (Wildman–Crippen LogP) is 0.888. The van der Waals surface area contributed by atoms with Gasteiger partial charge in [-0.3, -0.25) is 4.79 Å². The van der Waals surface area contributed by atoms with Crippen molar-refractivity contribution in [3.63, 3.8) is 0 Å². The van der Waals surface area contributed by atoms with Crippen molar-refractivity contribution >= 4 is 15.8 Å². The van der Waals surface area contributed by atoms with Crippen molar-refractivity contribution in [1.82, 2.24) is 0 Å². The van der Waals surface area contributed by atoms with Crippen LogP contribution >= 0.6 is 0 Å². The minimum absolute atomic E-state index is 0.0247. The fourth-order valence-electron chi connectivity index (χ4n) is 1.98. The molecule has 0 atom stereocenters. The summed E-state index contributed by atoms with van der Waals surface area (Å²) in [6.07, 6.45) is 0.118. The predicted molar refractivity (Wildman–Crippen MR) is 72.0 cm³/mol. The van der Waals surface area contributed by atoms with Crippen LogP contribution in [0.3, 0.4) is 0 Å². The quantitative estimate of drug-likeness (QED) is 0.839. The third-order valence-electron chi connectivity index (χ3n) is 3.03. The van der Waals surface area contributed by atoms with Gasteiger partial charge >= 0.3 is 5.97 Å². The highest BCUT2D eigenvalue weighted by atomic mass is 32.2. The largest absolute Gasteiger partial charge is 0.493 e. The topological polar surface area (TPSA) is 89.9 Å². The van der Waals surface area contributed by atoms with Crippen molar-refractivity contribution in [3.8, 4) is 11.5 Å². The average molecular weight is 300 g/mol. The maximum atomic E-state index is 11.1. The van der Waals surface area contributed by atoms with Crippen molar-refractivity contribution in [2.45, 2.75) is 18.9 Å². The Labute approximate surface area is 117 Å². The Morgan fingerprint density at radius 2 is 2.05 bits per heavy atom. The van der Waals surface area contributed by atoms with Gasteiger partial charge in [0, 0.05) is 6.42 Å². The van der Waals surface area contributed by atoms with Crippen molar-refractivity contribution < 1.29 is 27.8 Å². The van der Waals surface area contributed by atoms with Gasteiger partial charge in [0.2, 0.25) is 0 Å². The molecule has 1 N–H and O–H groups in total. The van der Waals surface area contributed by atoms with Crippen LogP contribution in [0.25, 0.3) is 0 Å². The summed E-state index contributed by atoms with van der Waals surface area (Å²) in [6, 6.07) is 5.15. The first kappa shape index (κ1) is 14.6. The summed E-state index contributed by atoms with van der Waals surface area (Å²) in [5.41, 5.74) is 0.831. The summed E-state index contributed by atoms with van der Waals surface area (Å²) in [7, 11) is -1.44. The SMILES string of the molecule is COc1cc(CCC(=O)O)ccc1OC1CS(=O)(=O)C1. The summed E-state index contributed by atoms with van der Waals surface area (Å²) < 4.78 is 32.9. The second-order valence-corrected chi connectivity index (χ2v) is 6.85. The molecule has 0 aromatic heterocycles. The summed E-state index contributed by atoms with van der Waals surface area (Å²) in [4.78, 5) is 10.5. The number of aryl methyl sites for hydroxylation is 1. The Bertz CT molecular complexity index is 595. The van der Waals surface area contributed by atoms with Crippen LogP contribution in [0.5, 0.6) is 11.5 Å². The zero-order valence-corrected chi connectivity index (χ0v) is 11.9. The van der Waals surface area contributed by atoms with Gasteiger partial charge < -0.3 is 14.6 Å². The van der Waals surface area contributed by atoms with Gasteiger partial charge in [0.15, 0.2) is 21.3 Å². The molecule has 20 heavy (non-hydrogen) atoms. The van der Waals surface area contributed by atoms with Crippen LogP contribution in [0.2, 0.25) is 0 Å². The van der Waals surface area contributed by atoms with Crippen molar-refractivity contribution in [1.29, 1.82) is 0 Å². The average Bonchev–Trinajstić information content (AvgIpc) is 2.35. The zero-order chi connectivity index (χ0) is 14.8. The summed E-state index contributed by atoms with van der Waals surface area (Å²) in [5, 5.41) is 8.65. The molecule has 110 valence electrons. The Hall–Kier alpha value is -1.76. The van der Waals surface area contributed by atoms with Gasteiger partial charge in [0.25, 0.3) is 0 Å². The van der Waals surface area contributed by atoms with Crippen molar-refractivity contribution in [2.24, 2.45) is 0 Å². The molecule has 1 aromatic rings. The van der Waals surface area contributed by atoms with Gasteiger partial charge in [-0.1, -0.05) is 6.07 Å². The van der Waals surface area contributed by atoms with Gasteiger partial charge in [0.1, 0.15) is 6.10 Å². The zero-order valence-electron chi connectivity index (χ0n) is 11.0. The van der Waals surface area contributed by atoms with Crippen LogP contribution in [-0.2, 0) is 21.1 Å². The van der Waals surface area contributed by atoms with Crippen LogP contribution in [0, 0.1) is 0 Å². The smallest absolute Gasteiger partial charge is 0.303 e. The van der Waals surface area contributed by atoms with E-state index < -0.39 is 15.8 Å². The third kappa shape index (κ3) is 3.63. The molecule has 2 rings (SSSR count). The molecule has 7 heteroatoms. The molecule has 1 aromatic carbocycles. The van der Waals surface area contributed by atoms with Crippen LogP contribution in [0.1, 0.15) is 12.0 Å². The number of ether oxygens (including phenoxy) is 2. The first-order chi connectivity index (χ1) is 9.39. The van der Waals surface area contributed by atoms with Gasteiger partial charge in [-0.15, -0.1) is 0 Å². The van der Waals surface area contributed by atoms with E-state index in [-0.39, 0.29) is 24.0 Å². The minimum Gasteiger partial charge on any atom is -0.493 e. The number of hydrogen-bond donors (Lipinski definition) is 1. The first-order valence-corrected chi connectivity index (χ1v) is 7.97. The van der Waals surface area contributed by atoms with E-state index in [1.165, 1.54) is 7.11 Å². The Kier molecular flexibility index (Phi) is 4.17. The Morgan fingerprint density at radius 1 is 1.35 bits per heavy atom. The van der Waals surface area contributed by atoms with Crippen LogP contribution in [-0.4, -0.2) is 44.2 Å². The van der Waals surface area contributed by atoms with E-state index in [0.717, 1.165) is 5.56 Å². The molecule has 1 aliphatic rings. The first-order valence-electron chi connectivity index (χ1n) is 6.15. The van der Waals surface area contributed by atoms with E-state index in [4.69, 9.17) is 14.6 Å². The lowest BCUT2D eigenvalue weighted by Gasteiger charge is -2.27. The molecule has 1 saturated heterocycles. The number of carboxylic acids is 1. The van der Waals surface area contributed by atoms with E-state index >= 15 is 0 Å². The summed E-state index contributed by atoms with van der Waals surface area (Å²) in [6.45, 7) is 0. The highest BCUT2D eigenvalue weighted by Crippen LogP contribution is 2.31. The number of aliphatic carboxylic acids is 1. The van der Waals surface area contributed by atoms with Gasteiger partial charge in [0.05, 0.1) is 18.6 Å². The number of sulfone groups is 1. The molecular formula is C13H16O6S. The summed E-state index contributed by atoms with van der Waals surface area (Å²) in [5.74, 6) is 0.154. The second kappa shape index (κ2) is 5.70. The highest BCUT2D eigenvalue weighted by Gasteiger charge is 2.35. The van der Waals surface area contributed by atoms with Crippen LogP contribution < -0.4 is 9.47 Å². The molecule has 1 fully saturated rings. The normalized spacial score (nSPS) is 17.2. The maximum absolute atomic E-state index is 11.1. The monoisotopic (exact) mass is 300 g/mol. The standard InChI is InChI=1S/C13H16O6S/c1-18-12-6-9(3-5-13(14)15)2-4-11(12)19-10-7-20(16,17)8-10/h2,4,6,10H,3,5,7-8H2,1H3,(H,14,15). The van der Waals surface area contributed by atoms with E-state index in [1.807, 2.05) is 0 Å². The molecule has 0 aliphatic carbocycles. The molecule has 1 aliphatic heterocycles. The van der Waals surface area contributed by atoms with Gasteiger partial charge in [-0.2, -0.15) is 0 Å². The Morgan fingerprint density at radius 3 is 2.60 bits per heavy atom. The van der Waals surface area contributed by atoms with Gasteiger partial charge in [-0.25, -0.2) is 8.42 Å². The lowest BCUT2D eigenvalue weighted by atomic mass is 10.1. The molecule has 0 bridgehead atoms. The fourth-order valence-corrected chi connectivity index (χ4v) is 3.15. The number of methoxy groups -OCH3 is 1. The fraction of sp³-hybridized carbons (Fsp3) is 0.462. The maximum Gasteiger partial charge on any atom is 0.303 e. The molecule has 0 saturated carbocycles. The van der Waals surface area contributed by atoms with E-state index in [1.54, 1.807) is 18.2 Å². The van der Waals surface area contributed by atoms with Crippen LogP contribution in [0.4, 0.5) is 0 Å².